The average molecular weight is 390 g/mol. The van der Waals surface area contributed by atoms with E-state index >= 15 is 0 Å². The number of rotatable bonds is 5. The third kappa shape index (κ3) is 3.66. The predicted molar refractivity (Wildman–Crippen MR) is 110 cm³/mol. The van der Waals surface area contributed by atoms with Gasteiger partial charge in [-0.3, -0.25) is 4.98 Å². The summed E-state index contributed by atoms with van der Waals surface area (Å²) in [6.07, 6.45) is 5.26. The third-order valence-corrected chi connectivity index (χ3v) is 5.61. The van der Waals surface area contributed by atoms with Crippen LogP contribution >= 0.6 is 0 Å². The molecule has 0 saturated heterocycles. The first kappa shape index (κ1) is 18.0. The van der Waals surface area contributed by atoms with Crippen molar-refractivity contribution in [3.8, 4) is 5.75 Å². The smallest absolute Gasteiger partial charge is 0.128 e. The largest absolute Gasteiger partial charge is 0.490 e. The summed E-state index contributed by atoms with van der Waals surface area (Å²) in [5.74, 6) is 0.296. The van der Waals surface area contributed by atoms with Gasteiger partial charge < -0.3 is 10.1 Å². The van der Waals surface area contributed by atoms with Gasteiger partial charge in [0.15, 0.2) is 0 Å². The fourth-order valence-corrected chi connectivity index (χ4v) is 3.92. The lowest BCUT2D eigenvalue weighted by atomic mass is 9.89. The molecule has 0 atom stereocenters. The molecule has 1 aromatic heterocycles. The number of halogens is 2. The number of hydrogen-bond acceptors (Lipinski definition) is 3. The SMILES string of the molecule is Fc1ccc2ccc(O[C@H]3C[C@H](NCc4c(F)ccc5cnccc45)C3)cc2c1. The second-order valence-corrected chi connectivity index (χ2v) is 7.57. The van der Waals surface area contributed by atoms with Crippen molar-refractivity contribution >= 4 is 21.5 Å². The molecule has 1 saturated carbocycles. The first-order valence-corrected chi connectivity index (χ1v) is 9.76. The molecular weight excluding hydrogens is 370 g/mol. The van der Waals surface area contributed by atoms with Crippen LogP contribution in [0.2, 0.25) is 0 Å². The molecule has 1 fully saturated rings. The molecule has 0 amide bonds. The maximum Gasteiger partial charge on any atom is 0.128 e. The van der Waals surface area contributed by atoms with Gasteiger partial charge in [0.25, 0.3) is 0 Å². The Balaban J connectivity index is 1.20. The van der Waals surface area contributed by atoms with Crippen molar-refractivity contribution < 1.29 is 13.5 Å². The van der Waals surface area contributed by atoms with Crippen LogP contribution in [0.25, 0.3) is 21.5 Å². The Labute approximate surface area is 167 Å². The van der Waals surface area contributed by atoms with Crippen LogP contribution in [0.4, 0.5) is 8.78 Å². The second kappa shape index (κ2) is 7.41. The molecule has 1 heterocycles. The minimum Gasteiger partial charge on any atom is -0.490 e. The van der Waals surface area contributed by atoms with E-state index in [9.17, 15) is 8.78 Å². The topological polar surface area (TPSA) is 34.1 Å². The van der Waals surface area contributed by atoms with Gasteiger partial charge in [-0.05, 0) is 71.5 Å². The van der Waals surface area contributed by atoms with Crippen molar-refractivity contribution in [1.29, 1.82) is 0 Å². The lowest BCUT2D eigenvalue weighted by Gasteiger charge is -2.36. The van der Waals surface area contributed by atoms with E-state index in [1.165, 1.54) is 18.2 Å². The molecule has 5 heteroatoms. The van der Waals surface area contributed by atoms with Crippen molar-refractivity contribution in [1.82, 2.24) is 10.3 Å². The van der Waals surface area contributed by atoms with Crippen LogP contribution in [0.3, 0.4) is 0 Å². The number of nitrogens with zero attached hydrogens (tertiary/aromatic N) is 1. The van der Waals surface area contributed by atoms with E-state index in [-0.39, 0.29) is 23.8 Å². The molecule has 1 aliphatic carbocycles. The Morgan fingerprint density at radius 3 is 2.66 bits per heavy atom. The number of ether oxygens (including phenoxy) is 1. The zero-order chi connectivity index (χ0) is 19.8. The first-order valence-electron chi connectivity index (χ1n) is 9.76. The number of benzene rings is 3. The molecule has 0 bridgehead atoms. The van der Waals surface area contributed by atoms with Gasteiger partial charge in [-0.15, -0.1) is 0 Å². The van der Waals surface area contributed by atoms with E-state index in [4.69, 9.17) is 4.74 Å². The highest BCUT2D eigenvalue weighted by molar-refractivity contribution is 5.85. The minimum atomic E-state index is -0.251. The van der Waals surface area contributed by atoms with E-state index < -0.39 is 0 Å². The summed E-state index contributed by atoms with van der Waals surface area (Å²) < 4.78 is 33.8. The molecule has 0 aliphatic heterocycles. The molecule has 29 heavy (non-hydrogen) atoms. The van der Waals surface area contributed by atoms with Crippen molar-refractivity contribution in [3.63, 3.8) is 0 Å². The van der Waals surface area contributed by atoms with Crippen LogP contribution in [0, 0.1) is 11.6 Å². The van der Waals surface area contributed by atoms with E-state index in [0.717, 1.165) is 40.1 Å². The molecule has 3 nitrogen and oxygen atoms in total. The average Bonchev–Trinajstić information content (AvgIpc) is 2.70. The summed E-state index contributed by atoms with van der Waals surface area (Å²) in [5.41, 5.74) is 0.672. The Hall–Kier alpha value is -3.05. The van der Waals surface area contributed by atoms with E-state index in [2.05, 4.69) is 10.3 Å². The lowest BCUT2D eigenvalue weighted by molar-refractivity contribution is 0.0844. The Kier molecular flexibility index (Phi) is 4.60. The quantitative estimate of drug-likeness (QED) is 0.498. The fraction of sp³-hybridized carbons (Fsp3) is 0.208. The van der Waals surface area contributed by atoms with Gasteiger partial charge >= 0.3 is 0 Å². The molecule has 0 unspecified atom stereocenters. The van der Waals surface area contributed by atoms with Crippen LogP contribution < -0.4 is 10.1 Å². The molecule has 5 rings (SSSR count). The number of aromatic nitrogens is 1. The summed E-state index contributed by atoms with van der Waals surface area (Å²) in [5, 5.41) is 7.08. The van der Waals surface area contributed by atoms with Crippen molar-refractivity contribution in [3.05, 3.63) is 84.2 Å². The van der Waals surface area contributed by atoms with Crippen LogP contribution in [0.5, 0.6) is 5.75 Å². The maximum atomic E-state index is 14.3. The van der Waals surface area contributed by atoms with Crippen LogP contribution in [0.15, 0.2) is 67.0 Å². The van der Waals surface area contributed by atoms with Gasteiger partial charge in [-0.2, -0.15) is 0 Å². The summed E-state index contributed by atoms with van der Waals surface area (Å²) in [6, 6.07) is 15.9. The fourth-order valence-electron chi connectivity index (χ4n) is 3.92. The van der Waals surface area contributed by atoms with Gasteiger partial charge in [-0.25, -0.2) is 8.78 Å². The highest BCUT2D eigenvalue weighted by atomic mass is 19.1. The molecule has 0 radical (unpaired) electrons. The molecule has 1 N–H and O–H groups in total. The van der Waals surface area contributed by atoms with Gasteiger partial charge in [0.05, 0.1) is 0 Å². The number of hydrogen-bond donors (Lipinski definition) is 1. The number of nitrogens with one attached hydrogen (secondary N) is 1. The molecule has 146 valence electrons. The zero-order valence-corrected chi connectivity index (χ0v) is 15.7. The van der Waals surface area contributed by atoms with Crippen molar-refractivity contribution in [2.24, 2.45) is 0 Å². The van der Waals surface area contributed by atoms with Gasteiger partial charge in [0.1, 0.15) is 23.5 Å². The lowest BCUT2D eigenvalue weighted by Crippen LogP contribution is -2.46. The Bertz CT molecular complexity index is 1190. The van der Waals surface area contributed by atoms with Gasteiger partial charge in [0.2, 0.25) is 0 Å². The van der Waals surface area contributed by atoms with Gasteiger partial charge in [0, 0.05) is 35.9 Å². The predicted octanol–water partition coefficient (Wildman–Crippen LogP) is 5.37. The normalized spacial score (nSPS) is 18.7. The van der Waals surface area contributed by atoms with Gasteiger partial charge in [-0.1, -0.05) is 12.1 Å². The maximum absolute atomic E-state index is 14.3. The van der Waals surface area contributed by atoms with E-state index in [1.807, 2.05) is 24.3 Å². The Morgan fingerprint density at radius 1 is 0.931 bits per heavy atom. The summed E-state index contributed by atoms with van der Waals surface area (Å²) in [4.78, 5) is 4.10. The van der Waals surface area contributed by atoms with Crippen molar-refractivity contribution in [2.45, 2.75) is 31.5 Å². The standard InChI is InChI=1S/C24H20F2N2O/c25-18-4-1-15-2-5-20(10-17(15)9-18)29-21-11-19(12-21)28-14-23-22-7-8-27-13-16(22)3-6-24(23)26/h1-10,13,19,21,28H,11-12,14H2/t19-,21-. The van der Waals surface area contributed by atoms with Crippen LogP contribution in [-0.4, -0.2) is 17.1 Å². The molecule has 4 aromatic rings. The minimum absolute atomic E-state index is 0.111. The van der Waals surface area contributed by atoms with Crippen molar-refractivity contribution in [2.75, 3.05) is 0 Å². The van der Waals surface area contributed by atoms with E-state index in [1.54, 1.807) is 24.5 Å². The molecule has 1 aliphatic rings. The highest BCUT2D eigenvalue weighted by Gasteiger charge is 2.30. The Morgan fingerprint density at radius 2 is 1.76 bits per heavy atom. The molecule has 0 spiro atoms. The number of fused-ring (bicyclic) bond motifs is 2. The third-order valence-electron chi connectivity index (χ3n) is 5.61. The van der Waals surface area contributed by atoms with Crippen LogP contribution in [0.1, 0.15) is 18.4 Å². The first-order chi connectivity index (χ1) is 14.2. The summed E-state index contributed by atoms with van der Waals surface area (Å²) >= 11 is 0. The zero-order valence-electron chi connectivity index (χ0n) is 15.7. The summed E-state index contributed by atoms with van der Waals surface area (Å²) in [6.45, 7) is 0.472. The monoisotopic (exact) mass is 390 g/mol. The summed E-state index contributed by atoms with van der Waals surface area (Å²) in [7, 11) is 0. The van der Waals surface area contributed by atoms with Crippen LogP contribution in [-0.2, 0) is 6.54 Å². The number of pyridine rings is 1. The van der Waals surface area contributed by atoms with E-state index in [0.29, 0.717) is 12.1 Å². The second-order valence-electron chi connectivity index (χ2n) is 7.57. The molecule has 3 aromatic carbocycles. The highest BCUT2D eigenvalue weighted by Crippen LogP contribution is 2.29. The molecular formula is C24H20F2N2O.